The molecule has 1 atom stereocenters. The van der Waals surface area contributed by atoms with Crippen molar-refractivity contribution >= 4 is 5.91 Å². The first-order valence-corrected chi connectivity index (χ1v) is 8.14. The molecule has 122 valence electrons. The van der Waals surface area contributed by atoms with E-state index in [4.69, 9.17) is 9.26 Å². The third kappa shape index (κ3) is 2.54. The van der Waals surface area contributed by atoms with Crippen LogP contribution < -0.4 is 0 Å². The maximum absolute atomic E-state index is 12.7. The van der Waals surface area contributed by atoms with Gasteiger partial charge in [-0.25, -0.2) is 0 Å². The summed E-state index contributed by atoms with van der Waals surface area (Å²) < 4.78 is 11.1. The number of aromatic nitrogens is 1. The first-order valence-electron chi connectivity index (χ1n) is 8.14. The number of aliphatic hydroxyl groups is 1. The van der Waals surface area contributed by atoms with Crippen LogP contribution in [0, 0.1) is 6.92 Å². The van der Waals surface area contributed by atoms with Crippen LogP contribution in [-0.2, 0) is 11.2 Å². The Morgan fingerprint density at radius 1 is 1.45 bits per heavy atom. The minimum atomic E-state index is -0.452. The lowest BCUT2D eigenvalue weighted by atomic mass is 9.82. The number of ether oxygens (including phenoxy) is 1. The first kappa shape index (κ1) is 15.5. The highest BCUT2D eigenvalue weighted by molar-refractivity contribution is 5.96. The quantitative estimate of drug-likeness (QED) is 0.900. The van der Waals surface area contributed by atoms with Crippen LogP contribution in [0.1, 0.15) is 54.4 Å². The minimum absolute atomic E-state index is 0.0178. The van der Waals surface area contributed by atoms with Crippen molar-refractivity contribution in [3.63, 3.8) is 0 Å². The van der Waals surface area contributed by atoms with Crippen LogP contribution in [-0.4, -0.2) is 52.5 Å². The fraction of sp³-hybridized carbons (Fsp3) is 0.750. The lowest BCUT2D eigenvalue weighted by Crippen LogP contribution is -2.56. The molecule has 1 spiro atoms. The molecule has 6 nitrogen and oxygen atoms in total. The summed E-state index contributed by atoms with van der Waals surface area (Å²) in [6, 6.07) is 0. The van der Waals surface area contributed by atoms with E-state index in [2.05, 4.69) is 5.16 Å². The van der Waals surface area contributed by atoms with Gasteiger partial charge in [-0.3, -0.25) is 4.79 Å². The Morgan fingerprint density at radius 2 is 2.18 bits per heavy atom. The minimum Gasteiger partial charge on any atom is -0.390 e. The van der Waals surface area contributed by atoms with Crippen LogP contribution >= 0.6 is 0 Å². The van der Waals surface area contributed by atoms with Crippen LogP contribution in [0.2, 0.25) is 0 Å². The molecule has 1 aromatic rings. The van der Waals surface area contributed by atoms with Gasteiger partial charge in [0.1, 0.15) is 11.3 Å². The van der Waals surface area contributed by atoms with E-state index in [1.54, 1.807) is 6.92 Å². The second kappa shape index (κ2) is 6.01. The number of likely N-dealkylation sites (tertiary alicyclic amines) is 1. The Hall–Kier alpha value is -1.40. The molecular formula is C16H24N2O4. The van der Waals surface area contributed by atoms with Gasteiger partial charge in [-0.15, -0.1) is 0 Å². The van der Waals surface area contributed by atoms with Gasteiger partial charge in [0, 0.05) is 19.7 Å². The molecule has 3 heterocycles. The van der Waals surface area contributed by atoms with Crippen molar-refractivity contribution in [3.8, 4) is 0 Å². The van der Waals surface area contributed by atoms with Crippen LogP contribution in [0.3, 0.4) is 0 Å². The van der Waals surface area contributed by atoms with Crippen LogP contribution in [0.15, 0.2) is 4.52 Å². The molecule has 2 saturated heterocycles. The van der Waals surface area contributed by atoms with E-state index in [9.17, 15) is 9.90 Å². The number of hydrogen-bond acceptors (Lipinski definition) is 5. The maximum Gasteiger partial charge on any atom is 0.259 e. The van der Waals surface area contributed by atoms with Gasteiger partial charge in [0.2, 0.25) is 0 Å². The standard InChI is InChI=1S/C16H24N2O4/c1-3-12-14(11(2)22-17-12)15(20)18-8-6-16(7-9-18)13(19)5-4-10-21-16/h13,19H,3-10H2,1-2H3/t13-/m0/s1. The number of amides is 1. The zero-order valence-electron chi connectivity index (χ0n) is 13.3. The predicted octanol–water partition coefficient (Wildman–Crippen LogP) is 1.69. The monoisotopic (exact) mass is 308 g/mol. The summed E-state index contributed by atoms with van der Waals surface area (Å²) in [5.41, 5.74) is 0.868. The SMILES string of the molecule is CCc1noc(C)c1C(=O)N1CCC2(CC1)OCCC[C@@H]2O. The summed E-state index contributed by atoms with van der Waals surface area (Å²) >= 11 is 0. The number of aliphatic hydroxyl groups excluding tert-OH is 1. The van der Waals surface area contributed by atoms with E-state index in [1.165, 1.54) is 0 Å². The van der Waals surface area contributed by atoms with Crippen molar-refractivity contribution in [2.45, 2.75) is 57.7 Å². The summed E-state index contributed by atoms with van der Waals surface area (Å²) in [5.74, 6) is 0.562. The third-order valence-corrected chi connectivity index (χ3v) is 5.00. The molecular weight excluding hydrogens is 284 g/mol. The van der Waals surface area contributed by atoms with Crippen molar-refractivity contribution in [1.29, 1.82) is 0 Å². The molecule has 1 N–H and O–H groups in total. The summed E-state index contributed by atoms with van der Waals surface area (Å²) in [6.07, 6.45) is 3.33. The highest BCUT2D eigenvalue weighted by atomic mass is 16.5. The normalized spacial score (nSPS) is 24.7. The third-order valence-electron chi connectivity index (χ3n) is 5.00. The molecule has 0 aliphatic carbocycles. The molecule has 0 saturated carbocycles. The smallest absolute Gasteiger partial charge is 0.259 e. The molecule has 1 amide bonds. The van der Waals surface area contributed by atoms with E-state index in [1.807, 2.05) is 11.8 Å². The summed E-state index contributed by atoms with van der Waals surface area (Å²) in [5, 5.41) is 14.2. The fourth-order valence-electron chi connectivity index (χ4n) is 3.57. The van der Waals surface area contributed by atoms with Gasteiger partial charge < -0.3 is 19.3 Å². The molecule has 6 heteroatoms. The van der Waals surface area contributed by atoms with Gasteiger partial charge in [0.05, 0.1) is 17.4 Å². The number of rotatable bonds is 2. The van der Waals surface area contributed by atoms with Crippen molar-refractivity contribution in [2.24, 2.45) is 0 Å². The molecule has 3 rings (SSSR count). The zero-order chi connectivity index (χ0) is 15.7. The number of nitrogens with zero attached hydrogens (tertiary/aromatic N) is 2. The Balaban J connectivity index is 1.71. The second-order valence-corrected chi connectivity index (χ2v) is 6.28. The van der Waals surface area contributed by atoms with E-state index in [0.717, 1.165) is 18.5 Å². The summed E-state index contributed by atoms with van der Waals surface area (Å²) in [6.45, 7) is 5.65. The molecule has 0 aromatic carbocycles. The zero-order valence-corrected chi connectivity index (χ0v) is 13.3. The Bertz CT molecular complexity index is 546. The Kier molecular flexibility index (Phi) is 4.23. The largest absolute Gasteiger partial charge is 0.390 e. The van der Waals surface area contributed by atoms with Gasteiger partial charge in [-0.2, -0.15) is 0 Å². The van der Waals surface area contributed by atoms with Crippen LogP contribution in [0.25, 0.3) is 0 Å². The molecule has 0 radical (unpaired) electrons. The molecule has 2 aliphatic rings. The van der Waals surface area contributed by atoms with Gasteiger partial charge in [-0.05, 0) is 39.0 Å². The number of aryl methyl sites for hydroxylation is 2. The molecule has 1 aromatic heterocycles. The van der Waals surface area contributed by atoms with E-state index < -0.39 is 11.7 Å². The fourth-order valence-corrected chi connectivity index (χ4v) is 3.57. The highest BCUT2D eigenvalue weighted by Crippen LogP contribution is 2.35. The van der Waals surface area contributed by atoms with E-state index in [-0.39, 0.29) is 5.91 Å². The van der Waals surface area contributed by atoms with Crippen molar-refractivity contribution in [2.75, 3.05) is 19.7 Å². The highest BCUT2D eigenvalue weighted by Gasteiger charge is 2.44. The molecule has 0 unspecified atom stereocenters. The topological polar surface area (TPSA) is 75.8 Å². The average molecular weight is 308 g/mol. The van der Waals surface area contributed by atoms with Crippen molar-refractivity contribution < 1.29 is 19.2 Å². The van der Waals surface area contributed by atoms with Gasteiger partial charge in [0.15, 0.2) is 0 Å². The number of piperidine rings is 1. The van der Waals surface area contributed by atoms with Crippen LogP contribution in [0.4, 0.5) is 0 Å². The maximum atomic E-state index is 12.7. The Morgan fingerprint density at radius 3 is 2.82 bits per heavy atom. The molecule has 0 bridgehead atoms. The van der Waals surface area contributed by atoms with Crippen molar-refractivity contribution in [1.82, 2.24) is 10.1 Å². The molecule has 2 fully saturated rings. The van der Waals surface area contributed by atoms with Gasteiger partial charge in [-0.1, -0.05) is 12.1 Å². The number of carbonyl (C=O) groups is 1. The number of carbonyl (C=O) groups excluding carboxylic acids is 1. The average Bonchev–Trinajstić information content (AvgIpc) is 2.91. The van der Waals surface area contributed by atoms with Crippen LogP contribution in [0.5, 0.6) is 0 Å². The number of hydrogen-bond donors (Lipinski definition) is 1. The van der Waals surface area contributed by atoms with E-state index >= 15 is 0 Å². The summed E-state index contributed by atoms with van der Waals surface area (Å²) in [4.78, 5) is 14.6. The predicted molar refractivity (Wildman–Crippen MR) is 79.7 cm³/mol. The summed E-state index contributed by atoms with van der Waals surface area (Å²) in [7, 11) is 0. The second-order valence-electron chi connectivity index (χ2n) is 6.28. The molecule has 2 aliphatic heterocycles. The first-order chi connectivity index (χ1) is 10.6. The van der Waals surface area contributed by atoms with Crippen molar-refractivity contribution in [3.05, 3.63) is 17.0 Å². The lowest BCUT2D eigenvalue weighted by Gasteiger charge is -2.46. The van der Waals surface area contributed by atoms with Gasteiger partial charge in [0.25, 0.3) is 5.91 Å². The lowest BCUT2D eigenvalue weighted by molar-refractivity contribution is -0.174. The van der Waals surface area contributed by atoms with E-state index in [0.29, 0.717) is 50.3 Å². The Labute approximate surface area is 130 Å². The van der Waals surface area contributed by atoms with Gasteiger partial charge >= 0.3 is 0 Å². The molecule has 22 heavy (non-hydrogen) atoms.